The van der Waals surface area contributed by atoms with E-state index in [1.807, 2.05) is 12.3 Å². The minimum Gasteiger partial charge on any atom is -0.306 e. The Bertz CT molecular complexity index is 1070. The molecule has 5 rings (SSSR count). The molecule has 6 heteroatoms. The summed E-state index contributed by atoms with van der Waals surface area (Å²) < 4.78 is 0. The first-order chi connectivity index (χ1) is 15.7. The van der Waals surface area contributed by atoms with Crippen molar-refractivity contribution in [2.24, 2.45) is 5.92 Å². The summed E-state index contributed by atoms with van der Waals surface area (Å²) >= 11 is 0. The number of rotatable bonds is 5. The Morgan fingerprint density at radius 2 is 1.75 bits per heavy atom. The van der Waals surface area contributed by atoms with Crippen molar-refractivity contribution in [1.82, 2.24) is 24.8 Å². The van der Waals surface area contributed by atoms with E-state index in [1.165, 1.54) is 25.9 Å². The zero-order valence-corrected chi connectivity index (χ0v) is 18.8. The predicted molar refractivity (Wildman–Crippen MR) is 126 cm³/mol. The van der Waals surface area contributed by atoms with Crippen LogP contribution >= 0.6 is 0 Å². The first kappa shape index (κ1) is 21.2. The van der Waals surface area contributed by atoms with Crippen molar-refractivity contribution in [2.45, 2.75) is 38.1 Å². The lowest BCUT2D eigenvalue weighted by Crippen LogP contribution is -2.47. The molecule has 0 N–H and O–H groups in total. The van der Waals surface area contributed by atoms with E-state index in [2.05, 4.69) is 50.0 Å². The van der Waals surface area contributed by atoms with Gasteiger partial charge in [0.2, 0.25) is 0 Å². The molecule has 32 heavy (non-hydrogen) atoms. The number of ketones is 1. The van der Waals surface area contributed by atoms with Crippen LogP contribution in [0.3, 0.4) is 0 Å². The van der Waals surface area contributed by atoms with Crippen molar-refractivity contribution in [2.75, 3.05) is 33.2 Å². The van der Waals surface area contributed by atoms with E-state index < -0.39 is 0 Å². The third kappa shape index (κ3) is 4.71. The lowest BCUT2D eigenvalue weighted by atomic mass is 9.88. The predicted octanol–water partition coefficient (Wildman–Crippen LogP) is 3.61. The number of benzene rings is 1. The highest BCUT2D eigenvalue weighted by Gasteiger charge is 2.30. The molecule has 2 aliphatic rings. The molecule has 0 saturated carbocycles. The Morgan fingerprint density at radius 1 is 0.938 bits per heavy atom. The molecule has 0 atom stereocenters. The zero-order valence-electron chi connectivity index (χ0n) is 18.8. The first-order valence-corrected chi connectivity index (χ1v) is 11.8. The van der Waals surface area contributed by atoms with Gasteiger partial charge in [-0.25, -0.2) is 0 Å². The van der Waals surface area contributed by atoms with Crippen LogP contribution in [0.15, 0.2) is 49.1 Å². The molecular formula is C26H31N5O. The molecular weight excluding hydrogens is 398 g/mol. The number of carbonyl (C=O) groups excluding carboxylic acids is 1. The van der Waals surface area contributed by atoms with Gasteiger partial charge in [0.15, 0.2) is 0 Å². The van der Waals surface area contributed by atoms with Crippen molar-refractivity contribution in [3.05, 3.63) is 54.7 Å². The molecule has 0 unspecified atom stereocenters. The molecule has 4 heterocycles. The summed E-state index contributed by atoms with van der Waals surface area (Å²) in [5.41, 5.74) is 2.73. The molecule has 2 aliphatic heterocycles. The van der Waals surface area contributed by atoms with Gasteiger partial charge in [0, 0.05) is 53.6 Å². The molecule has 2 aromatic heterocycles. The van der Waals surface area contributed by atoms with Gasteiger partial charge in [-0.3, -0.25) is 19.7 Å². The fourth-order valence-corrected chi connectivity index (χ4v) is 5.16. The highest BCUT2D eigenvalue weighted by molar-refractivity contribution is 5.88. The normalized spacial score (nSPS) is 19.4. The molecule has 0 amide bonds. The van der Waals surface area contributed by atoms with Crippen molar-refractivity contribution in [1.29, 1.82) is 0 Å². The Kier molecular flexibility index (Phi) is 6.23. The van der Waals surface area contributed by atoms with E-state index in [4.69, 9.17) is 0 Å². The van der Waals surface area contributed by atoms with Crippen LogP contribution in [0.1, 0.15) is 31.4 Å². The minimum absolute atomic E-state index is 0.168. The van der Waals surface area contributed by atoms with Gasteiger partial charge in [-0.05, 0) is 76.4 Å². The van der Waals surface area contributed by atoms with Gasteiger partial charge >= 0.3 is 0 Å². The van der Waals surface area contributed by atoms with Crippen LogP contribution in [-0.4, -0.2) is 69.8 Å². The second kappa shape index (κ2) is 9.43. The van der Waals surface area contributed by atoms with E-state index in [0.29, 0.717) is 18.2 Å². The SMILES string of the molecule is CN1CCC(N2CCC(C(=O)Cc3cc4cc(-c5cnccn5)ccc4cn3)CC2)CC1. The summed E-state index contributed by atoms with van der Waals surface area (Å²) in [6.07, 6.45) is 11.9. The van der Waals surface area contributed by atoms with Crippen LogP contribution in [0, 0.1) is 5.92 Å². The van der Waals surface area contributed by atoms with Gasteiger partial charge in [-0.2, -0.15) is 0 Å². The number of likely N-dealkylation sites (tertiary alicyclic amines) is 2. The second-order valence-corrected chi connectivity index (χ2v) is 9.32. The van der Waals surface area contributed by atoms with E-state index in [9.17, 15) is 4.79 Å². The van der Waals surface area contributed by atoms with E-state index in [0.717, 1.165) is 53.7 Å². The minimum atomic E-state index is 0.168. The van der Waals surface area contributed by atoms with Crippen molar-refractivity contribution in [3.63, 3.8) is 0 Å². The lowest BCUT2D eigenvalue weighted by Gasteiger charge is -2.40. The molecule has 166 valence electrons. The monoisotopic (exact) mass is 429 g/mol. The average molecular weight is 430 g/mol. The topological polar surface area (TPSA) is 62.2 Å². The van der Waals surface area contributed by atoms with Gasteiger partial charge in [0.25, 0.3) is 0 Å². The standard InChI is InChI=1S/C26H31N5O/c1-30-10-6-24(7-11-30)31-12-4-19(5-13-31)26(32)16-23-15-22-14-20(2-3-21(22)17-29-23)25-18-27-8-9-28-25/h2-3,8-9,14-15,17-19,24H,4-7,10-13,16H2,1H3. The van der Waals surface area contributed by atoms with Gasteiger partial charge in [0.05, 0.1) is 11.9 Å². The molecule has 6 nitrogen and oxygen atoms in total. The Labute approximate surface area is 189 Å². The maximum Gasteiger partial charge on any atom is 0.142 e. The number of piperidine rings is 2. The van der Waals surface area contributed by atoms with Gasteiger partial charge in [-0.15, -0.1) is 0 Å². The summed E-state index contributed by atoms with van der Waals surface area (Å²) in [5.74, 6) is 0.505. The number of pyridine rings is 1. The van der Waals surface area contributed by atoms with E-state index in [1.54, 1.807) is 18.6 Å². The van der Waals surface area contributed by atoms with Crippen LogP contribution in [-0.2, 0) is 11.2 Å². The van der Waals surface area contributed by atoms with Crippen LogP contribution in [0.25, 0.3) is 22.0 Å². The highest BCUT2D eigenvalue weighted by atomic mass is 16.1. The van der Waals surface area contributed by atoms with Gasteiger partial charge in [-0.1, -0.05) is 12.1 Å². The van der Waals surface area contributed by atoms with Gasteiger partial charge in [0.1, 0.15) is 5.78 Å². The maximum atomic E-state index is 13.0. The second-order valence-electron chi connectivity index (χ2n) is 9.32. The molecule has 3 aromatic rings. The number of carbonyl (C=O) groups is 1. The summed E-state index contributed by atoms with van der Waals surface area (Å²) in [6.45, 7) is 4.49. The zero-order chi connectivity index (χ0) is 21.9. The average Bonchev–Trinajstić information content (AvgIpc) is 2.85. The molecule has 2 fully saturated rings. The Hall–Kier alpha value is -2.70. The number of hydrogen-bond acceptors (Lipinski definition) is 6. The Balaban J connectivity index is 1.22. The lowest BCUT2D eigenvalue weighted by molar-refractivity contribution is -0.124. The maximum absolute atomic E-state index is 13.0. The quantitative estimate of drug-likeness (QED) is 0.617. The summed E-state index contributed by atoms with van der Waals surface area (Å²) in [6, 6.07) is 8.96. The summed E-state index contributed by atoms with van der Waals surface area (Å²) in [7, 11) is 2.21. The molecule has 0 aliphatic carbocycles. The third-order valence-electron chi connectivity index (χ3n) is 7.18. The van der Waals surface area contributed by atoms with Crippen LogP contribution in [0.2, 0.25) is 0 Å². The molecule has 0 radical (unpaired) electrons. The third-order valence-corrected chi connectivity index (χ3v) is 7.18. The summed E-state index contributed by atoms with van der Waals surface area (Å²) in [4.78, 5) is 31.2. The summed E-state index contributed by atoms with van der Waals surface area (Å²) in [5, 5.41) is 2.16. The number of fused-ring (bicyclic) bond motifs is 1. The largest absolute Gasteiger partial charge is 0.306 e. The van der Waals surface area contributed by atoms with E-state index in [-0.39, 0.29) is 5.92 Å². The van der Waals surface area contributed by atoms with Crippen molar-refractivity contribution < 1.29 is 4.79 Å². The van der Waals surface area contributed by atoms with Crippen LogP contribution < -0.4 is 0 Å². The Morgan fingerprint density at radius 3 is 2.50 bits per heavy atom. The molecule has 0 bridgehead atoms. The highest BCUT2D eigenvalue weighted by Crippen LogP contribution is 2.26. The van der Waals surface area contributed by atoms with Crippen molar-refractivity contribution >= 4 is 16.6 Å². The fraction of sp³-hybridized carbons (Fsp3) is 0.462. The molecule has 1 aromatic carbocycles. The number of hydrogen-bond donors (Lipinski definition) is 0. The number of Topliss-reactive ketones (excluding diaryl/α,β-unsaturated/α-hetero) is 1. The van der Waals surface area contributed by atoms with Crippen LogP contribution in [0.5, 0.6) is 0 Å². The number of nitrogens with zero attached hydrogens (tertiary/aromatic N) is 5. The van der Waals surface area contributed by atoms with Gasteiger partial charge < -0.3 is 9.80 Å². The molecule has 0 spiro atoms. The fourth-order valence-electron chi connectivity index (χ4n) is 5.16. The van der Waals surface area contributed by atoms with Crippen LogP contribution in [0.4, 0.5) is 0 Å². The van der Waals surface area contributed by atoms with E-state index >= 15 is 0 Å². The number of aromatic nitrogens is 3. The first-order valence-electron chi connectivity index (χ1n) is 11.8. The molecule has 2 saturated heterocycles. The van der Waals surface area contributed by atoms with Crippen molar-refractivity contribution in [3.8, 4) is 11.3 Å². The smallest absolute Gasteiger partial charge is 0.142 e.